The molecule has 1 aromatic rings. The molecule has 3 nitrogen and oxygen atoms in total. The fraction of sp³-hybridized carbons (Fsp3) is 0.706. The van der Waals surface area contributed by atoms with Crippen LogP contribution in [0.1, 0.15) is 58.2 Å². The standard InChI is InChI=1S/C17H29N3/c1-4-16(18)17-8-7-15(12-19-17)20-10-5-6-14(9-11-20)13(2)3/h7-8,12-14,16H,4-6,9-11,18H2,1-3H3. The molecule has 0 amide bonds. The largest absolute Gasteiger partial charge is 0.370 e. The summed E-state index contributed by atoms with van der Waals surface area (Å²) in [7, 11) is 0. The van der Waals surface area contributed by atoms with Gasteiger partial charge in [-0.2, -0.15) is 0 Å². The molecule has 0 bridgehead atoms. The number of rotatable bonds is 4. The summed E-state index contributed by atoms with van der Waals surface area (Å²) in [5.74, 6) is 1.68. The highest BCUT2D eigenvalue weighted by molar-refractivity contribution is 5.44. The van der Waals surface area contributed by atoms with Crippen LogP contribution in [0.25, 0.3) is 0 Å². The van der Waals surface area contributed by atoms with Crippen molar-refractivity contribution in [3.8, 4) is 0 Å². The Kier molecular flexibility index (Phi) is 5.41. The van der Waals surface area contributed by atoms with Crippen LogP contribution < -0.4 is 10.6 Å². The third-order valence-electron chi connectivity index (χ3n) is 4.67. The number of anilines is 1. The second-order valence-corrected chi connectivity index (χ2v) is 6.38. The molecule has 0 saturated carbocycles. The maximum atomic E-state index is 6.02. The van der Waals surface area contributed by atoms with Crippen molar-refractivity contribution < 1.29 is 0 Å². The number of nitrogens with two attached hydrogens (primary N) is 1. The molecular formula is C17H29N3. The molecule has 1 fully saturated rings. The van der Waals surface area contributed by atoms with Gasteiger partial charge in [0.2, 0.25) is 0 Å². The van der Waals surface area contributed by atoms with Crippen LogP contribution in [0.2, 0.25) is 0 Å². The van der Waals surface area contributed by atoms with E-state index < -0.39 is 0 Å². The molecule has 112 valence electrons. The van der Waals surface area contributed by atoms with E-state index in [2.05, 4.69) is 42.8 Å². The van der Waals surface area contributed by atoms with E-state index in [9.17, 15) is 0 Å². The molecule has 1 saturated heterocycles. The van der Waals surface area contributed by atoms with Gasteiger partial charge in [0.15, 0.2) is 0 Å². The third kappa shape index (κ3) is 3.72. The summed E-state index contributed by atoms with van der Waals surface area (Å²) in [6.07, 6.45) is 6.89. The molecular weight excluding hydrogens is 246 g/mol. The van der Waals surface area contributed by atoms with Gasteiger partial charge in [-0.3, -0.25) is 4.98 Å². The van der Waals surface area contributed by atoms with E-state index in [0.29, 0.717) is 0 Å². The van der Waals surface area contributed by atoms with Gasteiger partial charge in [0.25, 0.3) is 0 Å². The van der Waals surface area contributed by atoms with Gasteiger partial charge in [-0.25, -0.2) is 0 Å². The molecule has 2 unspecified atom stereocenters. The van der Waals surface area contributed by atoms with Gasteiger partial charge in [-0.15, -0.1) is 0 Å². The van der Waals surface area contributed by atoms with E-state index in [0.717, 1.165) is 37.0 Å². The Bertz CT molecular complexity index is 399. The second kappa shape index (κ2) is 7.07. The zero-order chi connectivity index (χ0) is 14.5. The molecule has 2 N–H and O–H groups in total. The van der Waals surface area contributed by atoms with Crippen LogP contribution in [0.3, 0.4) is 0 Å². The monoisotopic (exact) mass is 275 g/mol. The van der Waals surface area contributed by atoms with Crippen molar-refractivity contribution in [2.24, 2.45) is 17.6 Å². The van der Waals surface area contributed by atoms with Gasteiger partial charge in [0, 0.05) is 19.1 Å². The van der Waals surface area contributed by atoms with Crippen LogP contribution in [0.15, 0.2) is 18.3 Å². The van der Waals surface area contributed by atoms with E-state index in [1.54, 1.807) is 0 Å². The summed E-state index contributed by atoms with van der Waals surface area (Å²) < 4.78 is 0. The van der Waals surface area contributed by atoms with Crippen molar-refractivity contribution in [1.82, 2.24) is 4.98 Å². The molecule has 0 spiro atoms. The highest BCUT2D eigenvalue weighted by atomic mass is 15.1. The summed E-state index contributed by atoms with van der Waals surface area (Å²) in [5.41, 5.74) is 8.28. The molecule has 3 heteroatoms. The van der Waals surface area contributed by atoms with Crippen LogP contribution >= 0.6 is 0 Å². The smallest absolute Gasteiger partial charge is 0.0572 e. The molecule has 2 heterocycles. The minimum absolute atomic E-state index is 0.0681. The summed E-state index contributed by atoms with van der Waals surface area (Å²) in [6, 6.07) is 4.35. The van der Waals surface area contributed by atoms with Gasteiger partial charge < -0.3 is 10.6 Å². The molecule has 1 aliphatic rings. The number of aromatic nitrogens is 1. The average Bonchev–Trinajstić information content (AvgIpc) is 2.72. The summed E-state index contributed by atoms with van der Waals surface area (Å²) >= 11 is 0. The molecule has 0 aromatic carbocycles. The van der Waals surface area contributed by atoms with Crippen molar-refractivity contribution in [3.63, 3.8) is 0 Å². The predicted molar refractivity (Wildman–Crippen MR) is 85.8 cm³/mol. The van der Waals surface area contributed by atoms with Gasteiger partial charge in [0.1, 0.15) is 0 Å². The molecule has 0 aliphatic carbocycles. The van der Waals surface area contributed by atoms with Gasteiger partial charge in [-0.05, 0) is 49.7 Å². The minimum Gasteiger partial charge on any atom is -0.370 e. The Hall–Kier alpha value is -1.09. The Morgan fingerprint density at radius 2 is 2.10 bits per heavy atom. The van der Waals surface area contributed by atoms with Gasteiger partial charge >= 0.3 is 0 Å². The zero-order valence-electron chi connectivity index (χ0n) is 13.2. The zero-order valence-corrected chi connectivity index (χ0v) is 13.2. The van der Waals surface area contributed by atoms with Crippen molar-refractivity contribution in [3.05, 3.63) is 24.0 Å². The topological polar surface area (TPSA) is 42.1 Å². The number of pyridine rings is 1. The van der Waals surface area contributed by atoms with E-state index in [1.165, 1.54) is 24.9 Å². The molecule has 1 aromatic heterocycles. The van der Waals surface area contributed by atoms with E-state index >= 15 is 0 Å². The number of hydrogen-bond acceptors (Lipinski definition) is 3. The first-order chi connectivity index (χ1) is 9.61. The Labute approximate surface area is 123 Å². The highest BCUT2D eigenvalue weighted by Gasteiger charge is 2.19. The Morgan fingerprint density at radius 3 is 2.70 bits per heavy atom. The molecule has 2 rings (SSSR count). The van der Waals surface area contributed by atoms with Crippen LogP contribution in [-0.4, -0.2) is 18.1 Å². The quantitative estimate of drug-likeness (QED) is 0.910. The lowest BCUT2D eigenvalue weighted by molar-refractivity contribution is 0.351. The van der Waals surface area contributed by atoms with E-state index in [1.807, 2.05) is 6.20 Å². The average molecular weight is 275 g/mol. The maximum Gasteiger partial charge on any atom is 0.0572 e. The van der Waals surface area contributed by atoms with Crippen LogP contribution in [0.4, 0.5) is 5.69 Å². The van der Waals surface area contributed by atoms with E-state index in [-0.39, 0.29) is 6.04 Å². The minimum atomic E-state index is 0.0681. The normalized spacial score (nSPS) is 21.9. The Balaban J connectivity index is 2.01. The summed E-state index contributed by atoms with van der Waals surface area (Å²) in [5, 5.41) is 0. The van der Waals surface area contributed by atoms with Crippen molar-refractivity contribution in [1.29, 1.82) is 0 Å². The first kappa shape index (κ1) is 15.3. The van der Waals surface area contributed by atoms with Gasteiger partial charge in [0.05, 0.1) is 17.6 Å². The molecule has 20 heavy (non-hydrogen) atoms. The predicted octanol–water partition coefficient (Wildman–Crippen LogP) is 3.75. The lowest BCUT2D eigenvalue weighted by atomic mass is 9.89. The van der Waals surface area contributed by atoms with Crippen molar-refractivity contribution >= 4 is 5.69 Å². The first-order valence-corrected chi connectivity index (χ1v) is 8.08. The van der Waals surface area contributed by atoms with Gasteiger partial charge in [-0.1, -0.05) is 20.8 Å². The fourth-order valence-electron chi connectivity index (χ4n) is 3.06. The fourth-order valence-corrected chi connectivity index (χ4v) is 3.06. The van der Waals surface area contributed by atoms with Crippen LogP contribution in [-0.2, 0) is 0 Å². The molecule has 1 aliphatic heterocycles. The number of hydrogen-bond donors (Lipinski definition) is 1. The SMILES string of the molecule is CCC(N)c1ccc(N2CCCC(C(C)C)CC2)cn1. The Morgan fingerprint density at radius 1 is 1.30 bits per heavy atom. The number of nitrogens with zero attached hydrogens (tertiary/aromatic N) is 2. The van der Waals surface area contributed by atoms with E-state index in [4.69, 9.17) is 5.73 Å². The maximum absolute atomic E-state index is 6.02. The van der Waals surface area contributed by atoms with Crippen molar-refractivity contribution in [2.45, 2.75) is 52.5 Å². The molecule has 0 radical (unpaired) electrons. The second-order valence-electron chi connectivity index (χ2n) is 6.38. The van der Waals surface area contributed by atoms with Crippen molar-refractivity contribution in [2.75, 3.05) is 18.0 Å². The highest BCUT2D eigenvalue weighted by Crippen LogP contribution is 2.27. The third-order valence-corrected chi connectivity index (χ3v) is 4.67. The summed E-state index contributed by atoms with van der Waals surface area (Å²) in [6.45, 7) is 9.11. The molecule has 2 atom stereocenters. The van der Waals surface area contributed by atoms with Crippen LogP contribution in [0.5, 0.6) is 0 Å². The summed E-state index contributed by atoms with van der Waals surface area (Å²) in [4.78, 5) is 7.03. The van der Waals surface area contributed by atoms with Crippen LogP contribution in [0, 0.1) is 11.8 Å². The first-order valence-electron chi connectivity index (χ1n) is 8.08. The lowest BCUT2D eigenvalue weighted by Crippen LogP contribution is -2.25. The lowest BCUT2D eigenvalue weighted by Gasteiger charge is -2.23.